The van der Waals surface area contributed by atoms with Gasteiger partial charge in [0.2, 0.25) is 0 Å². The van der Waals surface area contributed by atoms with Crippen molar-refractivity contribution in [1.82, 2.24) is 5.32 Å². The summed E-state index contributed by atoms with van der Waals surface area (Å²) in [6, 6.07) is 5.28. The van der Waals surface area contributed by atoms with E-state index < -0.39 is 19.0 Å². The Morgan fingerprint density at radius 3 is 2.75 bits per heavy atom. The van der Waals surface area contributed by atoms with E-state index in [9.17, 15) is 19.9 Å². The van der Waals surface area contributed by atoms with Crippen LogP contribution in [0.5, 0.6) is 0 Å². The highest BCUT2D eigenvalue weighted by Crippen LogP contribution is 2.23. The highest BCUT2D eigenvalue weighted by Gasteiger charge is 2.30. The molecule has 1 fully saturated rings. The zero-order chi connectivity index (χ0) is 14.7. The van der Waals surface area contributed by atoms with E-state index in [1.165, 1.54) is 0 Å². The normalized spacial score (nSPS) is 19.9. The summed E-state index contributed by atoms with van der Waals surface area (Å²) in [7, 11) is -1.52. The van der Waals surface area contributed by atoms with Crippen LogP contribution in [-0.4, -0.2) is 41.3 Å². The van der Waals surface area contributed by atoms with Crippen molar-refractivity contribution in [2.45, 2.75) is 19.8 Å². The van der Waals surface area contributed by atoms with Gasteiger partial charge in [0, 0.05) is 0 Å². The van der Waals surface area contributed by atoms with Gasteiger partial charge in [0.25, 0.3) is 0 Å². The molecule has 0 aliphatic carbocycles. The molecular weight excluding hydrogens is 257 g/mol. The van der Waals surface area contributed by atoms with Crippen molar-refractivity contribution >= 4 is 18.6 Å². The number of rotatable bonds is 5. The van der Waals surface area contributed by atoms with E-state index in [4.69, 9.17) is 0 Å². The highest BCUT2D eigenvalue weighted by atomic mass is 16.4. The molecule has 0 saturated carbocycles. The molecule has 108 valence electrons. The van der Waals surface area contributed by atoms with E-state index in [2.05, 4.69) is 5.32 Å². The minimum absolute atomic E-state index is 0.135. The van der Waals surface area contributed by atoms with Gasteiger partial charge >= 0.3 is 13.1 Å². The van der Waals surface area contributed by atoms with Gasteiger partial charge in [-0.25, -0.2) is 0 Å². The Kier molecular flexibility index (Phi) is 4.80. The van der Waals surface area contributed by atoms with Crippen molar-refractivity contribution in [3.63, 3.8) is 0 Å². The number of aryl methyl sites for hydroxylation is 1. The third-order valence-electron chi connectivity index (χ3n) is 3.90. The molecule has 0 unspecified atom stereocenters. The number of hydrogen-bond acceptors (Lipinski definition) is 4. The van der Waals surface area contributed by atoms with Crippen LogP contribution in [0.1, 0.15) is 17.5 Å². The van der Waals surface area contributed by atoms with Crippen molar-refractivity contribution in [2.24, 2.45) is 11.8 Å². The third-order valence-corrected chi connectivity index (χ3v) is 3.90. The quantitative estimate of drug-likeness (QED) is 0.546. The lowest BCUT2D eigenvalue weighted by atomic mass is 9.77. The summed E-state index contributed by atoms with van der Waals surface area (Å²) in [5.74, 6) is -1.09. The molecule has 1 aliphatic rings. The van der Waals surface area contributed by atoms with Crippen LogP contribution < -0.4 is 10.8 Å². The van der Waals surface area contributed by atoms with E-state index in [-0.39, 0.29) is 5.92 Å². The monoisotopic (exact) mass is 277 g/mol. The Bertz CT molecular complexity index is 486. The molecule has 1 aliphatic heterocycles. The summed E-state index contributed by atoms with van der Waals surface area (Å²) < 4.78 is 0. The predicted octanol–water partition coefficient (Wildman–Crippen LogP) is -0.472. The van der Waals surface area contributed by atoms with Gasteiger partial charge in [-0.2, -0.15) is 0 Å². The molecule has 0 amide bonds. The first-order valence-electron chi connectivity index (χ1n) is 6.87. The molecule has 1 heterocycles. The maximum Gasteiger partial charge on any atom is 0.488 e. The zero-order valence-electron chi connectivity index (χ0n) is 11.5. The summed E-state index contributed by atoms with van der Waals surface area (Å²) in [6.45, 7) is 3.46. The van der Waals surface area contributed by atoms with E-state index in [0.717, 1.165) is 30.6 Å². The largest absolute Gasteiger partial charge is 0.488 e. The molecule has 6 heteroatoms. The van der Waals surface area contributed by atoms with Gasteiger partial charge in [0.1, 0.15) is 0 Å². The summed E-state index contributed by atoms with van der Waals surface area (Å²) in [5.41, 5.74) is 2.15. The van der Waals surface area contributed by atoms with Gasteiger partial charge in [0.05, 0.1) is 5.92 Å². The molecule has 2 atom stereocenters. The lowest BCUT2D eigenvalue weighted by Gasteiger charge is -2.19. The van der Waals surface area contributed by atoms with Crippen LogP contribution in [0.15, 0.2) is 18.2 Å². The van der Waals surface area contributed by atoms with Crippen LogP contribution in [0.4, 0.5) is 0 Å². The third kappa shape index (κ3) is 3.59. The molecule has 2 rings (SSSR count). The van der Waals surface area contributed by atoms with Gasteiger partial charge in [-0.3, -0.25) is 4.79 Å². The topological polar surface area (TPSA) is 89.8 Å². The molecule has 0 aromatic heterocycles. The van der Waals surface area contributed by atoms with E-state index in [1.807, 2.05) is 13.0 Å². The highest BCUT2D eigenvalue weighted by molar-refractivity contribution is 6.58. The van der Waals surface area contributed by atoms with Gasteiger partial charge < -0.3 is 20.5 Å². The molecule has 1 saturated heterocycles. The molecule has 20 heavy (non-hydrogen) atoms. The molecule has 5 nitrogen and oxygen atoms in total. The summed E-state index contributed by atoms with van der Waals surface area (Å²) >= 11 is 0. The number of carboxylic acid groups (broad SMARTS) is 1. The lowest BCUT2D eigenvalue weighted by Crippen LogP contribution is -2.31. The average Bonchev–Trinajstić information content (AvgIpc) is 2.88. The van der Waals surface area contributed by atoms with Crippen LogP contribution in [0.25, 0.3) is 0 Å². The number of carboxylic acids is 1. The molecule has 4 N–H and O–H groups in total. The SMILES string of the molecule is Cc1cc(C[C@H](C(=O)O)[C@H]2CCNC2)cc(B(O)O)c1. The first-order valence-corrected chi connectivity index (χ1v) is 6.87. The number of aliphatic carboxylic acids is 1. The van der Waals surface area contributed by atoms with Crippen molar-refractivity contribution in [3.8, 4) is 0 Å². The van der Waals surface area contributed by atoms with Gasteiger partial charge in [-0.15, -0.1) is 0 Å². The maximum atomic E-state index is 11.5. The molecule has 0 bridgehead atoms. The van der Waals surface area contributed by atoms with E-state index in [1.54, 1.807) is 12.1 Å². The fourth-order valence-electron chi connectivity index (χ4n) is 2.89. The smallest absolute Gasteiger partial charge is 0.481 e. The van der Waals surface area contributed by atoms with Gasteiger partial charge in [0.15, 0.2) is 0 Å². The Labute approximate surface area is 118 Å². The van der Waals surface area contributed by atoms with Crippen LogP contribution in [0.2, 0.25) is 0 Å². The van der Waals surface area contributed by atoms with Crippen molar-refractivity contribution < 1.29 is 19.9 Å². The van der Waals surface area contributed by atoms with Gasteiger partial charge in [-0.05, 0) is 49.8 Å². The number of benzene rings is 1. The standard InChI is InChI=1S/C14H20BNO4/c1-9-4-10(6-12(5-9)15(19)20)7-13(14(17)18)11-2-3-16-8-11/h4-6,11,13,16,19-20H,2-3,7-8H2,1H3,(H,17,18)/t11-,13-/m0/s1. The van der Waals surface area contributed by atoms with Crippen LogP contribution in [0, 0.1) is 18.8 Å². The van der Waals surface area contributed by atoms with E-state index in [0.29, 0.717) is 11.9 Å². The molecule has 0 spiro atoms. The van der Waals surface area contributed by atoms with Gasteiger partial charge in [-0.1, -0.05) is 23.8 Å². The fourth-order valence-corrected chi connectivity index (χ4v) is 2.89. The van der Waals surface area contributed by atoms with Crippen molar-refractivity contribution in [2.75, 3.05) is 13.1 Å². The molecule has 1 aromatic carbocycles. The number of hydrogen-bond donors (Lipinski definition) is 4. The summed E-state index contributed by atoms with van der Waals surface area (Å²) in [6.07, 6.45) is 1.29. The molecule has 0 radical (unpaired) electrons. The maximum absolute atomic E-state index is 11.5. The minimum Gasteiger partial charge on any atom is -0.481 e. The first kappa shape index (κ1) is 15.0. The lowest BCUT2D eigenvalue weighted by molar-refractivity contribution is -0.143. The van der Waals surface area contributed by atoms with Crippen molar-refractivity contribution in [3.05, 3.63) is 29.3 Å². The summed E-state index contributed by atoms with van der Waals surface area (Å²) in [5, 5.41) is 31.1. The Balaban J connectivity index is 2.19. The van der Waals surface area contributed by atoms with E-state index >= 15 is 0 Å². The Morgan fingerprint density at radius 1 is 1.45 bits per heavy atom. The minimum atomic E-state index is -1.52. The Hall–Kier alpha value is -1.37. The van der Waals surface area contributed by atoms with Crippen LogP contribution in [-0.2, 0) is 11.2 Å². The predicted molar refractivity (Wildman–Crippen MR) is 76.8 cm³/mol. The zero-order valence-corrected chi connectivity index (χ0v) is 11.5. The first-order chi connectivity index (χ1) is 9.47. The van der Waals surface area contributed by atoms with Crippen LogP contribution >= 0.6 is 0 Å². The second-order valence-corrected chi connectivity index (χ2v) is 5.53. The second kappa shape index (κ2) is 6.39. The van der Waals surface area contributed by atoms with Crippen molar-refractivity contribution in [1.29, 1.82) is 0 Å². The van der Waals surface area contributed by atoms with Crippen LogP contribution in [0.3, 0.4) is 0 Å². The average molecular weight is 277 g/mol. The Morgan fingerprint density at radius 2 is 2.20 bits per heavy atom. The summed E-state index contributed by atoms with van der Waals surface area (Å²) in [4.78, 5) is 11.5. The number of carbonyl (C=O) groups is 1. The molecular formula is C14H20BNO4. The number of nitrogens with one attached hydrogen (secondary N) is 1. The molecule has 1 aromatic rings. The fraction of sp³-hybridized carbons (Fsp3) is 0.500. The second-order valence-electron chi connectivity index (χ2n) is 5.53.